The van der Waals surface area contributed by atoms with Gasteiger partial charge in [-0.3, -0.25) is 9.69 Å². The molecule has 1 aliphatic rings. The first-order valence-corrected chi connectivity index (χ1v) is 10.6. The van der Waals surface area contributed by atoms with Crippen LogP contribution < -0.4 is 5.32 Å². The van der Waals surface area contributed by atoms with Gasteiger partial charge < -0.3 is 9.84 Å². The first-order chi connectivity index (χ1) is 14.5. The van der Waals surface area contributed by atoms with E-state index in [0.29, 0.717) is 34.0 Å². The van der Waals surface area contributed by atoms with Gasteiger partial charge in [0.05, 0.1) is 17.3 Å². The molecular formula is C22H22Cl2N4O2. The molecule has 1 aromatic heterocycles. The maximum atomic E-state index is 12.6. The SMILES string of the molecule is Cc1ccc(-c2noc(CN3CCC(C(=O)Nc4ccc(Cl)cc4Cl)CC3)n2)cc1. The lowest BCUT2D eigenvalue weighted by Gasteiger charge is -2.30. The van der Waals surface area contributed by atoms with E-state index in [1.54, 1.807) is 18.2 Å². The van der Waals surface area contributed by atoms with Crippen molar-refractivity contribution in [3.63, 3.8) is 0 Å². The van der Waals surface area contributed by atoms with Gasteiger partial charge in [0.1, 0.15) is 0 Å². The van der Waals surface area contributed by atoms with E-state index in [1.165, 1.54) is 5.56 Å². The molecule has 2 heterocycles. The Hall–Kier alpha value is -2.41. The fraction of sp³-hybridized carbons (Fsp3) is 0.318. The second-order valence-electron chi connectivity index (χ2n) is 7.54. The summed E-state index contributed by atoms with van der Waals surface area (Å²) in [6.45, 7) is 4.19. The number of nitrogens with one attached hydrogen (secondary N) is 1. The van der Waals surface area contributed by atoms with Crippen LogP contribution in [0, 0.1) is 12.8 Å². The van der Waals surface area contributed by atoms with Crippen LogP contribution in [-0.4, -0.2) is 34.0 Å². The van der Waals surface area contributed by atoms with E-state index in [4.69, 9.17) is 27.7 Å². The van der Waals surface area contributed by atoms with Crippen LogP contribution in [-0.2, 0) is 11.3 Å². The minimum atomic E-state index is -0.0567. The van der Waals surface area contributed by atoms with Crippen LogP contribution in [0.4, 0.5) is 5.69 Å². The van der Waals surface area contributed by atoms with Crippen LogP contribution in [0.2, 0.25) is 10.0 Å². The van der Waals surface area contributed by atoms with E-state index in [2.05, 4.69) is 20.4 Å². The van der Waals surface area contributed by atoms with Gasteiger partial charge in [-0.15, -0.1) is 0 Å². The quantitative estimate of drug-likeness (QED) is 0.585. The number of benzene rings is 2. The summed E-state index contributed by atoms with van der Waals surface area (Å²) in [6.07, 6.45) is 1.52. The summed E-state index contributed by atoms with van der Waals surface area (Å²) in [7, 11) is 0. The third-order valence-electron chi connectivity index (χ3n) is 5.28. The first kappa shape index (κ1) is 20.8. The number of aromatic nitrogens is 2. The number of aryl methyl sites for hydroxylation is 1. The van der Waals surface area contributed by atoms with E-state index in [-0.39, 0.29) is 11.8 Å². The summed E-state index contributed by atoms with van der Waals surface area (Å²) in [4.78, 5) is 19.3. The van der Waals surface area contributed by atoms with Crippen molar-refractivity contribution in [2.45, 2.75) is 26.3 Å². The number of hydrogen-bond donors (Lipinski definition) is 1. The molecule has 0 unspecified atom stereocenters. The monoisotopic (exact) mass is 444 g/mol. The molecule has 156 valence electrons. The number of amides is 1. The van der Waals surface area contributed by atoms with Crippen LogP contribution in [0.25, 0.3) is 11.4 Å². The fourth-order valence-corrected chi connectivity index (χ4v) is 3.96. The second kappa shape index (κ2) is 9.16. The molecule has 3 aromatic rings. The minimum absolute atomic E-state index is 0.0154. The molecule has 6 nitrogen and oxygen atoms in total. The molecule has 1 fully saturated rings. The summed E-state index contributed by atoms with van der Waals surface area (Å²) in [6, 6.07) is 13.1. The van der Waals surface area contributed by atoms with Gasteiger partial charge in [-0.1, -0.05) is 58.2 Å². The highest BCUT2D eigenvalue weighted by molar-refractivity contribution is 6.36. The van der Waals surface area contributed by atoms with Crippen LogP contribution in [0.15, 0.2) is 47.0 Å². The number of likely N-dealkylation sites (tertiary alicyclic amines) is 1. The predicted molar refractivity (Wildman–Crippen MR) is 118 cm³/mol. The average molecular weight is 445 g/mol. The van der Waals surface area contributed by atoms with Gasteiger partial charge >= 0.3 is 0 Å². The highest BCUT2D eigenvalue weighted by Crippen LogP contribution is 2.27. The van der Waals surface area contributed by atoms with Crippen LogP contribution in [0.1, 0.15) is 24.3 Å². The Morgan fingerprint density at radius 2 is 1.90 bits per heavy atom. The topological polar surface area (TPSA) is 71.3 Å². The Morgan fingerprint density at radius 3 is 2.60 bits per heavy atom. The summed E-state index contributed by atoms with van der Waals surface area (Å²) in [5.74, 6) is 1.11. The number of anilines is 1. The summed E-state index contributed by atoms with van der Waals surface area (Å²) < 4.78 is 5.42. The third kappa shape index (κ3) is 5.01. The van der Waals surface area contributed by atoms with Gasteiger partial charge in [0.25, 0.3) is 0 Å². The summed E-state index contributed by atoms with van der Waals surface area (Å²) in [5, 5.41) is 7.97. The molecular weight excluding hydrogens is 423 g/mol. The van der Waals surface area contributed by atoms with Gasteiger partial charge in [0.2, 0.25) is 17.6 Å². The highest BCUT2D eigenvalue weighted by Gasteiger charge is 2.26. The van der Waals surface area contributed by atoms with Gasteiger partial charge in [0.15, 0.2) is 0 Å². The molecule has 1 amide bonds. The van der Waals surface area contributed by atoms with Gasteiger partial charge in [-0.25, -0.2) is 0 Å². The van der Waals surface area contributed by atoms with E-state index in [0.717, 1.165) is 31.5 Å². The zero-order chi connectivity index (χ0) is 21.1. The van der Waals surface area contributed by atoms with Gasteiger partial charge in [-0.05, 0) is 51.1 Å². The molecule has 4 rings (SSSR count). The summed E-state index contributed by atoms with van der Waals surface area (Å²) in [5.41, 5.74) is 2.71. The second-order valence-corrected chi connectivity index (χ2v) is 8.39. The summed E-state index contributed by atoms with van der Waals surface area (Å²) >= 11 is 12.1. The molecule has 1 aliphatic heterocycles. The number of rotatable bonds is 5. The van der Waals surface area contributed by atoms with Crippen molar-refractivity contribution in [1.29, 1.82) is 0 Å². The third-order valence-corrected chi connectivity index (χ3v) is 5.83. The number of piperidine rings is 1. The molecule has 0 radical (unpaired) electrons. The van der Waals surface area contributed by atoms with Crippen molar-refractivity contribution in [2.75, 3.05) is 18.4 Å². The lowest BCUT2D eigenvalue weighted by Crippen LogP contribution is -2.37. The highest BCUT2D eigenvalue weighted by atomic mass is 35.5. The predicted octanol–water partition coefficient (Wildman–Crippen LogP) is 5.20. The zero-order valence-corrected chi connectivity index (χ0v) is 18.1. The molecule has 0 atom stereocenters. The maximum absolute atomic E-state index is 12.6. The Morgan fingerprint density at radius 1 is 1.17 bits per heavy atom. The van der Waals surface area contributed by atoms with Gasteiger partial charge in [-0.2, -0.15) is 4.98 Å². The van der Waals surface area contributed by atoms with Crippen LogP contribution >= 0.6 is 23.2 Å². The van der Waals surface area contributed by atoms with Crippen molar-refractivity contribution in [1.82, 2.24) is 15.0 Å². The average Bonchev–Trinajstić information content (AvgIpc) is 3.19. The van der Waals surface area contributed by atoms with Crippen LogP contribution in [0.5, 0.6) is 0 Å². The lowest BCUT2D eigenvalue weighted by atomic mass is 9.96. The normalized spacial score (nSPS) is 15.3. The Kier molecular flexibility index (Phi) is 6.37. The van der Waals surface area contributed by atoms with Crippen molar-refractivity contribution < 1.29 is 9.32 Å². The molecule has 0 spiro atoms. The standard InChI is InChI=1S/C22H22Cl2N4O2/c1-14-2-4-15(5-3-14)21-26-20(30-27-21)13-28-10-8-16(9-11-28)22(29)25-19-7-6-17(23)12-18(19)24/h2-7,12,16H,8-11,13H2,1H3,(H,25,29). The van der Waals surface area contributed by atoms with Crippen molar-refractivity contribution in [2.24, 2.45) is 5.92 Å². The maximum Gasteiger partial charge on any atom is 0.241 e. The zero-order valence-electron chi connectivity index (χ0n) is 16.6. The first-order valence-electron chi connectivity index (χ1n) is 9.86. The molecule has 0 bridgehead atoms. The van der Waals surface area contributed by atoms with E-state index >= 15 is 0 Å². The molecule has 0 saturated carbocycles. The van der Waals surface area contributed by atoms with E-state index in [1.807, 2.05) is 31.2 Å². The number of hydrogen-bond acceptors (Lipinski definition) is 5. The smallest absolute Gasteiger partial charge is 0.241 e. The number of halogens is 2. The molecule has 2 aromatic carbocycles. The van der Waals surface area contributed by atoms with Crippen molar-refractivity contribution >= 4 is 34.8 Å². The molecule has 1 N–H and O–H groups in total. The van der Waals surface area contributed by atoms with E-state index in [9.17, 15) is 4.79 Å². The molecule has 1 saturated heterocycles. The Labute approximate surface area is 185 Å². The number of carbonyl (C=O) groups excluding carboxylic acids is 1. The fourth-order valence-electron chi connectivity index (χ4n) is 3.51. The lowest BCUT2D eigenvalue weighted by molar-refractivity contribution is -0.121. The van der Waals surface area contributed by atoms with Crippen molar-refractivity contribution in [3.8, 4) is 11.4 Å². The van der Waals surface area contributed by atoms with Crippen molar-refractivity contribution in [3.05, 3.63) is 64.0 Å². The molecule has 0 aliphatic carbocycles. The molecule has 30 heavy (non-hydrogen) atoms. The Balaban J connectivity index is 1.29. The van der Waals surface area contributed by atoms with Gasteiger partial charge in [0, 0.05) is 16.5 Å². The minimum Gasteiger partial charge on any atom is -0.338 e. The number of nitrogens with zero attached hydrogens (tertiary/aromatic N) is 3. The largest absolute Gasteiger partial charge is 0.338 e. The van der Waals surface area contributed by atoms with Crippen LogP contribution in [0.3, 0.4) is 0 Å². The Bertz CT molecular complexity index is 1030. The molecule has 8 heteroatoms. The number of carbonyl (C=O) groups is 1. The van der Waals surface area contributed by atoms with E-state index < -0.39 is 0 Å².